The number of hydrogen-bond acceptors (Lipinski definition) is 5. The highest BCUT2D eigenvalue weighted by molar-refractivity contribution is 14.0. The molecule has 9 heteroatoms. The SMILES string of the molecule is CN=C(NCCc1coc(-c2ccc(F)cc2)n1)NCc1nc(C)c(C)o1.I. The van der Waals surface area contributed by atoms with Crippen molar-refractivity contribution in [1.82, 2.24) is 20.6 Å². The lowest BCUT2D eigenvalue weighted by atomic mass is 10.2. The van der Waals surface area contributed by atoms with Crippen molar-refractivity contribution >= 4 is 29.9 Å². The molecule has 1 aromatic carbocycles. The van der Waals surface area contributed by atoms with Crippen LogP contribution in [0, 0.1) is 19.7 Å². The van der Waals surface area contributed by atoms with Gasteiger partial charge < -0.3 is 19.5 Å². The fourth-order valence-electron chi connectivity index (χ4n) is 2.45. The largest absolute Gasteiger partial charge is 0.444 e. The van der Waals surface area contributed by atoms with Crippen molar-refractivity contribution in [3.05, 3.63) is 59.4 Å². The maximum Gasteiger partial charge on any atom is 0.226 e. The molecule has 0 atom stereocenters. The third kappa shape index (κ3) is 5.78. The molecular formula is C19H23FIN5O2. The number of halogens is 2. The first-order valence-corrected chi connectivity index (χ1v) is 8.63. The van der Waals surface area contributed by atoms with Gasteiger partial charge in [-0.3, -0.25) is 4.99 Å². The minimum Gasteiger partial charge on any atom is -0.444 e. The fourth-order valence-corrected chi connectivity index (χ4v) is 2.45. The molecule has 0 fully saturated rings. The van der Waals surface area contributed by atoms with Crippen molar-refractivity contribution < 1.29 is 13.2 Å². The molecule has 3 rings (SSSR count). The van der Waals surface area contributed by atoms with Crippen LogP contribution in [0.1, 0.15) is 23.0 Å². The summed E-state index contributed by atoms with van der Waals surface area (Å²) in [5, 5.41) is 6.36. The molecule has 0 saturated carbocycles. The number of aryl methyl sites for hydroxylation is 2. The molecular weight excluding hydrogens is 476 g/mol. The third-order valence-corrected chi connectivity index (χ3v) is 4.02. The highest BCUT2D eigenvalue weighted by atomic mass is 127. The zero-order valence-electron chi connectivity index (χ0n) is 16.0. The van der Waals surface area contributed by atoms with E-state index >= 15 is 0 Å². The summed E-state index contributed by atoms with van der Waals surface area (Å²) in [6.45, 7) is 4.87. The zero-order chi connectivity index (χ0) is 19.2. The Balaban J connectivity index is 0.00000280. The second-order valence-electron chi connectivity index (χ2n) is 6.00. The Labute approximate surface area is 179 Å². The summed E-state index contributed by atoms with van der Waals surface area (Å²) in [4.78, 5) is 12.9. The van der Waals surface area contributed by atoms with Gasteiger partial charge in [0.1, 0.15) is 17.8 Å². The minimum atomic E-state index is -0.288. The Morgan fingerprint density at radius 1 is 1.14 bits per heavy atom. The minimum absolute atomic E-state index is 0. The number of benzene rings is 1. The van der Waals surface area contributed by atoms with Crippen molar-refractivity contribution in [2.45, 2.75) is 26.8 Å². The van der Waals surface area contributed by atoms with E-state index in [9.17, 15) is 4.39 Å². The Kier molecular flexibility index (Phi) is 7.97. The number of aromatic nitrogens is 2. The first kappa shape index (κ1) is 21.9. The summed E-state index contributed by atoms with van der Waals surface area (Å²) in [5.41, 5.74) is 2.43. The average Bonchev–Trinajstić information content (AvgIpc) is 3.25. The quantitative estimate of drug-likeness (QED) is 0.306. The fraction of sp³-hybridized carbons (Fsp3) is 0.316. The van der Waals surface area contributed by atoms with E-state index in [-0.39, 0.29) is 29.8 Å². The molecule has 0 aliphatic carbocycles. The predicted octanol–water partition coefficient (Wildman–Crippen LogP) is 3.61. The van der Waals surface area contributed by atoms with E-state index in [2.05, 4.69) is 25.6 Å². The molecule has 0 amide bonds. The first-order chi connectivity index (χ1) is 13.0. The molecule has 3 aromatic rings. The van der Waals surface area contributed by atoms with Crippen molar-refractivity contribution in [1.29, 1.82) is 0 Å². The zero-order valence-corrected chi connectivity index (χ0v) is 18.3. The smallest absolute Gasteiger partial charge is 0.226 e. The first-order valence-electron chi connectivity index (χ1n) is 8.63. The number of rotatable bonds is 6. The van der Waals surface area contributed by atoms with Crippen LogP contribution in [0.15, 0.2) is 44.4 Å². The summed E-state index contributed by atoms with van der Waals surface area (Å²) in [5.74, 6) is 2.27. The number of guanidine groups is 1. The summed E-state index contributed by atoms with van der Waals surface area (Å²) < 4.78 is 24.0. The normalized spacial score (nSPS) is 11.2. The molecule has 2 aromatic heterocycles. The molecule has 2 N–H and O–H groups in total. The second kappa shape index (κ2) is 10.2. The maximum absolute atomic E-state index is 13.0. The lowest BCUT2D eigenvalue weighted by Crippen LogP contribution is -2.37. The Hall–Kier alpha value is -2.43. The number of nitrogens with one attached hydrogen (secondary N) is 2. The summed E-state index contributed by atoms with van der Waals surface area (Å²) in [6, 6.07) is 6.04. The Bertz CT molecular complexity index is 901. The van der Waals surface area contributed by atoms with Gasteiger partial charge in [0.15, 0.2) is 5.96 Å². The summed E-state index contributed by atoms with van der Waals surface area (Å²) >= 11 is 0. The second-order valence-corrected chi connectivity index (χ2v) is 6.00. The van der Waals surface area contributed by atoms with E-state index in [1.807, 2.05) is 13.8 Å². The van der Waals surface area contributed by atoms with Crippen molar-refractivity contribution in [2.24, 2.45) is 4.99 Å². The van der Waals surface area contributed by atoms with E-state index in [4.69, 9.17) is 8.83 Å². The third-order valence-electron chi connectivity index (χ3n) is 4.02. The van der Waals surface area contributed by atoms with E-state index in [1.165, 1.54) is 12.1 Å². The van der Waals surface area contributed by atoms with Gasteiger partial charge in [0.2, 0.25) is 11.8 Å². The topological polar surface area (TPSA) is 88.5 Å². The van der Waals surface area contributed by atoms with E-state index in [0.29, 0.717) is 37.3 Å². The van der Waals surface area contributed by atoms with Crippen molar-refractivity contribution in [2.75, 3.05) is 13.6 Å². The molecule has 0 bridgehead atoms. The summed E-state index contributed by atoms with van der Waals surface area (Å²) in [7, 11) is 1.70. The van der Waals surface area contributed by atoms with Crippen LogP contribution >= 0.6 is 24.0 Å². The van der Waals surface area contributed by atoms with E-state index < -0.39 is 0 Å². The highest BCUT2D eigenvalue weighted by Gasteiger charge is 2.08. The summed E-state index contributed by atoms with van der Waals surface area (Å²) in [6.07, 6.45) is 2.26. The van der Waals surface area contributed by atoms with Crippen LogP contribution in [-0.4, -0.2) is 29.5 Å². The van der Waals surface area contributed by atoms with Gasteiger partial charge in [-0.15, -0.1) is 24.0 Å². The van der Waals surface area contributed by atoms with Crippen LogP contribution < -0.4 is 10.6 Å². The average molecular weight is 499 g/mol. The van der Waals surface area contributed by atoms with Gasteiger partial charge in [-0.05, 0) is 38.1 Å². The van der Waals surface area contributed by atoms with Gasteiger partial charge in [-0.25, -0.2) is 14.4 Å². The molecule has 0 saturated heterocycles. The van der Waals surface area contributed by atoms with Gasteiger partial charge in [-0.1, -0.05) is 0 Å². The molecule has 0 spiro atoms. The molecule has 0 aliphatic heterocycles. The number of aliphatic imine (C=N–C) groups is 1. The molecule has 2 heterocycles. The highest BCUT2D eigenvalue weighted by Crippen LogP contribution is 2.19. The van der Waals surface area contributed by atoms with Crippen LogP contribution in [0.25, 0.3) is 11.5 Å². The van der Waals surface area contributed by atoms with E-state index in [1.54, 1.807) is 25.4 Å². The molecule has 0 aliphatic rings. The maximum atomic E-state index is 13.0. The molecule has 7 nitrogen and oxygen atoms in total. The van der Waals surface area contributed by atoms with Crippen LogP contribution in [0.2, 0.25) is 0 Å². The Morgan fingerprint density at radius 3 is 2.54 bits per heavy atom. The monoisotopic (exact) mass is 499 g/mol. The number of hydrogen-bond donors (Lipinski definition) is 2. The van der Waals surface area contributed by atoms with Gasteiger partial charge in [-0.2, -0.15) is 0 Å². The molecule has 0 radical (unpaired) electrons. The van der Waals surface area contributed by atoms with Gasteiger partial charge >= 0.3 is 0 Å². The van der Waals surface area contributed by atoms with Crippen molar-refractivity contribution in [3.63, 3.8) is 0 Å². The standard InChI is InChI=1S/C19H22FN5O2.HI/c1-12-13(2)27-17(24-12)10-23-19(21-3)22-9-8-16-11-26-18(25-16)14-4-6-15(20)7-5-14;/h4-7,11H,8-10H2,1-3H3,(H2,21,22,23);1H. The number of nitrogens with zero attached hydrogens (tertiary/aromatic N) is 3. The van der Waals surface area contributed by atoms with Gasteiger partial charge in [0.25, 0.3) is 0 Å². The van der Waals surface area contributed by atoms with Gasteiger partial charge in [0, 0.05) is 25.6 Å². The molecule has 28 heavy (non-hydrogen) atoms. The van der Waals surface area contributed by atoms with Crippen LogP contribution in [0.3, 0.4) is 0 Å². The predicted molar refractivity (Wildman–Crippen MR) is 115 cm³/mol. The lowest BCUT2D eigenvalue weighted by Gasteiger charge is -2.09. The molecule has 150 valence electrons. The Morgan fingerprint density at radius 2 is 1.89 bits per heavy atom. The van der Waals surface area contributed by atoms with E-state index in [0.717, 1.165) is 22.7 Å². The van der Waals surface area contributed by atoms with Crippen LogP contribution in [0.5, 0.6) is 0 Å². The number of oxazole rings is 2. The van der Waals surface area contributed by atoms with Gasteiger partial charge in [0.05, 0.1) is 17.9 Å². The van der Waals surface area contributed by atoms with Crippen LogP contribution in [0.4, 0.5) is 4.39 Å². The lowest BCUT2D eigenvalue weighted by molar-refractivity contribution is 0.463. The van der Waals surface area contributed by atoms with Crippen LogP contribution in [-0.2, 0) is 13.0 Å². The molecule has 0 unspecified atom stereocenters. The van der Waals surface area contributed by atoms with Crippen molar-refractivity contribution in [3.8, 4) is 11.5 Å².